The van der Waals surface area contributed by atoms with E-state index < -0.39 is 11.5 Å². The lowest BCUT2D eigenvalue weighted by molar-refractivity contribution is -0.139. The summed E-state index contributed by atoms with van der Waals surface area (Å²) in [6.45, 7) is 6.14. The van der Waals surface area contributed by atoms with Crippen LogP contribution >= 0.6 is 0 Å². The van der Waals surface area contributed by atoms with Gasteiger partial charge >= 0.3 is 12.0 Å². The molecule has 0 aliphatic carbocycles. The van der Waals surface area contributed by atoms with E-state index in [2.05, 4.69) is 5.32 Å². The highest BCUT2D eigenvalue weighted by molar-refractivity contribution is 5.79. The van der Waals surface area contributed by atoms with Gasteiger partial charge < -0.3 is 15.3 Å². The number of nitrogens with one attached hydrogen (secondary N) is 1. The van der Waals surface area contributed by atoms with E-state index in [0.29, 0.717) is 6.54 Å². The quantitative estimate of drug-likeness (QED) is 0.734. The normalized spacial score (nSPS) is 21.7. The molecule has 0 aromatic carbocycles. The van der Waals surface area contributed by atoms with Gasteiger partial charge in [-0.2, -0.15) is 0 Å². The lowest BCUT2D eigenvalue weighted by Gasteiger charge is -2.33. The SMILES string of the molecule is CCC1CN(C(C)(C)CC(=O)O)C(=O)N1. The maximum absolute atomic E-state index is 11.6. The lowest BCUT2D eigenvalue weighted by atomic mass is 9.98. The van der Waals surface area contributed by atoms with E-state index in [4.69, 9.17) is 5.11 Å². The average Bonchev–Trinajstić information content (AvgIpc) is 2.45. The molecule has 1 aliphatic heterocycles. The van der Waals surface area contributed by atoms with E-state index >= 15 is 0 Å². The summed E-state index contributed by atoms with van der Waals surface area (Å²) in [5.41, 5.74) is -0.625. The van der Waals surface area contributed by atoms with E-state index in [1.165, 1.54) is 0 Å². The fourth-order valence-corrected chi connectivity index (χ4v) is 1.82. The number of nitrogens with zero attached hydrogens (tertiary/aromatic N) is 1. The Kier molecular flexibility index (Phi) is 3.21. The van der Waals surface area contributed by atoms with Gasteiger partial charge in [-0.15, -0.1) is 0 Å². The number of amides is 2. The summed E-state index contributed by atoms with van der Waals surface area (Å²) < 4.78 is 0. The number of aliphatic carboxylic acids is 1. The fourth-order valence-electron chi connectivity index (χ4n) is 1.82. The van der Waals surface area contributed by atoms with Crippen molar-refractivity contribution >= 4 is 12.0 Å². The molecule has 2 amide bonds. The van der Waals surface area contributed by atoms with Crippen molar-refractivity contribution in [1.82, 2.24) is 10.2 Å². The number of carboxylic acids is 1. The third-order valence-electron chi connectivity index (χ3n) is 2.78. The fraction of sp³-hybridized carbons (Fsp3) is 0.800. The van der Waals surface area contributed by atoms with Crippen LogP contribution in [0.25, 0.3) is 0 Å². The van der Waals surface area contributed by atoms with Crippen LogP contribution in [0.4, 0.5) is 4.79 Å². The van der Waals surface area contributed by atoms with Gasteiger partial charge in [0.05, 0.1) is 6.42 Å². The second-order valence-corrected chi connectivity index (χ2v) is 4.55. The highest BCUT2D eigenvalue weighted by Gasteiger charge is 2.39. The van der Waals surface area contributed by atoms with Crippen molar-refractivity contribution < 1.29 is 14.7 Å². The summed E-state index contributed by atoms with van der Waals surface area (Å²) in [6.07, 6.45) is 0.836. The van der Waals surface area contributed by atoms with Crippen LogP contribution in [0.2, 0.25) is 0 Å². The van der Waals surface area contributed by atoms with Crippen LogP contribution in [-0.2, 0) is 4.79 Å². The van der Waals surface area contributed by atoms with Crippen LogP contribution in [0.15, 0.2) is 0 Å². The van der Waals surface area contributed by atoms with Gasteiger partial charge in [0, 0.05) is 18.1 Å². The number of carboxylic acid groups (broad SMARTS) is 1. The zero-order valence-corrected chi connectivity index (χ0v) is 9.41. The monoisotopic (exact) mass is 214 g/mol. The van der Waals surface area contributed by atoms with E-state index in [1.54, 1.807) is 18.7 Å². The number of rotatable bonds is 4. The van der Waals surface area contributed by atoms with Gasteiger partial charge in [-0.25, -0.2) is 4.79 Å². The molecule has 0 bridgehead atoms. The number of urea groups is 1. The summed E-state index contributed by atoms with van der Waals surface area (Å²) >= 11 is 0. The number of hydrogen-bond acceptors (Lipinski definition) is 2. The van der Waals surface area contributed by atoms with Gasteiger partial charge in [0.15, 0.2) is 0 Å². The molecule has 5 nitrogen and oxygen atoms in total. The van der Waals surface area contributed by atoms with E-state index in [0.717, 1.165) is 6.42 Å². The zero-order chi connectivity index (χ0) is 11.6. The second-order valence-electron chi connectivity index (χ2n) is 4.55. The standard InChI is InChI=1S/C10H18N2O3/c1-4-7-6-12(9(15)11-7)10(2,3)5-8(13)14/h7H,4-6H2,1-3H3,(H,11,15)(H,13,14). The van der Waals surface area contributed by atoms with Crippen molar-refractivity contribution in [3.05, 3.63) is 0 Å². The minimum Gasteiger partial charge on any atom is -0.481 e. The summed E-state index contributed by atoms with van der Waals surface area (Å²) in [5, 5.41) is 11.6. The Hall–Kier alpha value is -1.26. The molecule has 0 saturated carbocycles. The predicted octanol–water partition coefficient (Wildman–Crippen LogP) is 1.04. The minimum absolute atomic E-state index is 0.0309. The van der Waals surface area contributed by atoms with Gasteiger partial charge in [-0.3, -0.25) is 4.79 Å². The molecule has 1 heterocycles. The summed E-state index contributed by atoms with van der Waals surface area (Å²) in [4.78, 5) is 23.9. The molecule has 2 N–H and O–H groups in total. The maximum Gasteiger partial charge on any atom is 0.318 e. The largest absolute Gasteiger partial charge is 0.481 e. The summed E-state index contributed by atoms with van der Waals surface area (Å²) in [6, 6.07) is -0.0151. The van der Waals surface area contributed by atoms with Crippen LogP contribution in [0, 0.1) is 0 Å². The second kappa shape index (κ2) is 4.08. The van der Waals surface area contributed by atoms with E-state index in [1.807, 2.05) is 6.92 Å². The van der Waals surface area contributed by atoms with Crippen LogP contribution in [0.1, 0.15) is 33.6 Å². The Balaban J connectivity index is 2.71. The third-order valence-corrected chi connectivity index (χ3v) is 2.78. The molecule has 0 spiro atoms. The topological polar surface area (TPSA) is 69.6 Å². The summed E-state index contributed by atoms with van der Waals surface area (Å²) in [5.74, 6) is -0.882. The summed E-state index contributed by atoms with van der Waals surface area (Å²) in [7, 11) is 0. The van der Waals surface area contributed by atoms with Crippen LogP contribution in [0.5, 0.6) is 0 Å². The molecule has 1 atom stereocenters. The molecular weight excluding hydrogens is 196 g/mol. The van der Waals surface area contributed by atoms with Gasteiger partial charge in [-0.05, 0) is 20.3 Å². The Labute approximate surface area is 89.4 Å². The number of carbonyl (C=O) groups is 2. The number of hydrogen-bond donors (Lipinski definition) is 2. The Bertz CT molecular complexity index is 276. The Morgan fingerprint density at radius 3 is 2.67 bits per heavy atom. The van der Waals surface area contributed by atoms with Crippen molar-refractivity contribution in [2.75, 3.05) is 6.54 Å². The van der Waals surface area contributed by atoms with Crippen molar-refractivity contribution in [2.24, 2.45) is 0 Å². The molecule has 1 fully saturated rings. The molecule has 1 saturated heterocycles. The lowest BCUT2D eigenvalue weighted by Crippen LogP contribution is -2.47. The third kappa shape index (κ3) is 2.61. The van der Waals surface area contributed by atoms with Gasteiger partial charge in [0.1, 0.15) is 0 Å². The molecule has 15 heavy (non-hydrogen) atoms. The van der Waals surface area contributed by atoms with Crippen molar-refractivity contribution in [3.63, 3.8) is 0 Å². The molecule has 86 valence electrons. The molecule has 5 heteroatoms. The predicted molar refractivity (Wildman–Crippen MR) is 55.6 cm³/mol. The zero-order valence-electron chi connectivity index (χ0n) is 9.41. The van der Waals surface area contributed by atoms with Crippen LogP contribution in [0.3, 0.4) is 0 Å². The first-order valence-electron chi connectivity index (χ1n) is 5.16. The molecule has 1 rings (SSSR count). The van der Waals surface area contributed by atoms with Gasteiger partial charge in [0.25, 0.3) is 0 Å². The molecule has 0 aromatic rings. The minimum atomic E-state index is -0.882. The van der Waals surface area contributed by atoms with Crippen molar-refractivity contribution in [2.45, 2.75) is 45.2 Å². The van der Waals surface area contributed by atoms with E-state index in [9.17, 15) is 9.59 Å². The van der Waals surface area contributed by atoms with Crippen molar-refractivity contribution in [1.29, 1.82) is 0 Å². The van der Waals surface area contributed by atoms with E-state index in [-0.39, 0.29) is 18.5 Å². The maximum atomic E-state index is 11.6. The molecule has 0 radical (unpaired) electrons. The van der Waals surface area contributed by atoms with Crippen LogP contribution in [-0.4, -0.2) is 40.1 Å². The van der Waals surface area contributed by atoms with Gasteiger partial charge in [0.2, 0.25) is 0 Å². The highest BCUT2D eigenvalue weighted by atomic mass is 16.4. The molecule has 1 unspecified atom stereocenters. The van der Waals surface area contributed by atoms with Crippen molar-refractivity contribution in [3.8, 4) is 0 Å². The Morgan fingerprint density at radius 1 is 1.67 bits per heavy atom. The van der Waals surface area contributed by atoms with Gasteiger partial charge in [-0.1, -0.05) is 6.92 Å². The molecular formula is C10H18N2O3. The smallest absolute Gasteiger partial charge is 0.318 e. The first-order chi connectivity index (χ1) is 6.86. The average molecular weight is 214 g/mol. The molecule has 0 aromatic heterocycles. The highest BCUT2D eigenvalue weighted by Crippen LogP contribution is 2.23. The van der Waals surface area contributed by atoms with Crippen LogP contribution < -0.4 is 5.32 Å². The number of carbonyl (C=O) groups excluding carboxylic acids is 1. The Morgan fingerprint density at radius 2 is 2.27 bits per heavy atom. The molecule has 1 aliphatic rings. The first kappa shape index (κ1) is 11.8. The first-order valence-corrected chi connectivity index (χ1v) is 5.16.